The largest absolute Gasteiger partial charge is 0.496 e. The fourth-order valence-corrected chi connectivity index (χ4v) is 6.46. The molecule has 1 atom stereocenters. The molecule has 9 heteroatoms. The fraction of sp³-hybridized carbons (Fsp3) is 0.306. The summed E-state index contributed by atoms with van der Waals surface area (Å²) in [5, 5.41) is 5.61. The quantitative estimate of drug-likeness (QED) is 0.150. The van der Waals surface area contributed by atoms with E-state index in [2.05, 4.69) is 22.4 Å². The maximum atomic E-state index is 12.6. The monoisotopic (exact) mass is 625 g/mol. The number of carbonyl (C=O) groups excluding carboxylic acids is 2. The van der Waals surface area contributed by atoms with Gasteiger partial charge in [-0.3, -0.25) is 10.3 Å². The SMILES string of the molecule is COC(=O)c1ccc(C(CCCc2ccc3ccc(Cl)cc3n2)c2c[nH]c3ccc(NC(=O)OC4CCCC4)cc23)c(OC)c1. The van der Waals surface area contributed by atoms with Crippen molar-refractivity contribution in [2.24, 2.45) is 0 Å². The van der Waals surface area contributed by atoms with E-state index >= 15 is 0 Å². The summed E-state index contributed by atoms with van der Waals surface area (Å²) in [6.07, 6.45) is 7.95. The highest BCUT2D eigenvalue weighted by Crippen LogP contribution is 2.40. The third-order valence-corrected chi connectivity index (χ3v) is 8.81. The number of nitrogens with zero attached hydrogens (tertiary/aromatic N) is 1. The second kappa shape index (κ2) is 13.6. The molecule has 0 saturated heterocycles. The third-order valence-electron chi connectivity index (χ3n) is 8.58. The first-order chi connectivity index (χ1) is 21.9. The Morgan fingerprint density at radius 3 is 2.62 bits per heavy atom. The van der Waals surface area contributed by atoms with Gasteiger partial charge in [-0.25, -0.2) is 9.59 Å². The maximum Gasteiger partial charge on any atom is 0.411 e. The number of anilines is 1. The molecule has 3 aromatic carbocycles. The van der Waals surface area contributed by atoms with Crippen LogP contribution in [0.15, 0.2) is 72.9 Å². The van der Waals surface area contributed by atoms with Gasteiger partial charge in [0.1, 0.15) is 11.9 Å². The van der Waals surface area contributed by atoms with Crippen molar-refractivity contribution in [1.82, 2.24) is 9.97 Å². The molecule has 232 valence electrons. The summed E-state index contributed by atoms with van der Waals surface area (Å²) in [6.45, 7) is 0. The number of aryl methyl sites for hydroxylation is 1. The molecule has 2 aromatic heterocycles. The zero-order valence-electron chi connectivity index (χ0n) is 25.4. The Bertz CT molecular complexity index is 1850. The molecule has 6 rings (SSSR count). The number of aromatic amines is 1. The van der Waals surface area contributed by atoms with Gasteiger partial charge in [-0.1, -0.05) is 29.8 Å². The van der Waals surface area contributed by atoms with Crippen LogP contribution in [0.3, 0.4) is 0 Å². The first-order valence-corrected chi connectivity index (χ1v) is 15.7. The van der Waals surface area contributed by atoms with Crippen LogP contribution in [0.2, 0.25) is 5.02 Å². The standard InChI is InChI=1S/C36H36ClN3O5/c1-43-34-18-23(35(41)44-2)12-16-29(34)28(9-5-6-25-14-11-22-10-13-24(37)19-33(22)39-25)31-21-38-32-17-15-26(20-30(31)32)40-36(42)45-27-7-3-4-8-27/h10-21,27-28,38H,3-9H2,1-2H3,(H,40,42). The molecule has 0 spiro atoms. The van der Waals surface area contributed by atoms with Crippen molar-refractivity contribution in [2.45, 2.75) is 57.0 Å². The summed E-state index contributed by atoms with van der Waals surface area (Å²) in [6, 6.07) is 21.1. The lowest BCUT2D eigenvalue weighted by atomic mass is 9.85. The van der Waals surface area contributed by atoms with Gasteiger partial charge in [0.25, 0.3) is 0 Å². The highest BCUT2D eigenvalue weighted by Gasteiger charge is 2.24. The number of amides is 1. The zero-order chi connectivity index (χ0) is 31.3. The van der Waals surface area contributed by atoms with Crippen molar-refractivity contribution in [3.63, 3.8) is 0 Å². The molecule has 1 amide bonds. The zero-order valence-corrected chi connectivity index (χ0v) is 26.2. The summed E-state index contributed by atoms with van der Waals surface area (Å²) < 4.78 is 16.4. The normalized spacial score (nSPS) is 14.0. The van der Waals surface area contributed by atoms with Gasteiger partial charge in [-0.05, 0) is 99.0 Å². The Labute approximate surface area is 267 Å². The van der Waals surface area contributed by atoms with Gasteiger partial charge in [0.2, 0.25) is 0 Å². The van der Waals surface area contributed by atoms with Gasteiger partial charge in [0.15, 0.2) is 0 Å². The topological polar surface area (TPSA) is 103 Å². The molecule has 5 aromatic rings. The molecule has 1 unspecified atom stereocenters. The summed E-state index contributed by atoms with van der Waals surface area (Å²) >= 11 is 6.22. The summed E-state index contributed by atoms with van der Waals surface area (Å²) in [5.41, 5.74) is 5.90. The van der Waals surface area contributed by atoms with Gasteiger partial charge in [0.05, 0.1) is 25.3 Å². The summed E-state index contributed by atoms with van der Waals surface area (Å²) in [4.78, 5) is 33.2. The van der Waals surface area contributed by atoms with Gasteiger partial charge < -0.3 is 19.2 Å². The Hall–Kier alpha value is -4.56. The average molecular weight is 626 g/mol. The van der Waals surface area contributed by atoms with Crippen LogP contribution in [0.4, 0.5) is 10.5 Å². The second-order valence-corrected chi connectivity index (χ2v) is 11.9. The first kappa shape index (κ1) is 30.5. The molecule has 0 bridgehead atoms. The number of methoxy groups -OCH3 is 2. The second-order valence-electron chi connectivity index (χ2n) is 11.5. The minimum absolute atomic E-state index is 0.0181. The number of carbonyl (C=O) groups is 2. The highest BCUT2D eigenvalue weighted by atomic mass is 35.5. The molecular formula is C36H36ClN3O5. The number of fused-ring (bicyclic) bond motifs is 2. The lowest BCUT2D eigenvalue weighted by molar-refractivity contribution is 0.0600. The minimum Gasteiger partial charge on any atom is -0.496 e. The van der Waals surface area contributed by atoms with E-state index in [9.17, 15) is 9.59 Å². The highest BCUT2D eigenvalue weighted by molar-refractivity contribution is 6.31. The van der Waals surface area contributed by atoms with Crippen LogP contribution in [0.25, 0.3) is 21.8 Å². The first-order valence-electron chi connectivity index (χ1n) is 15.3. The number of nitrogens with one attached hydrogen (secondary N) is 2. The molecule has 1 saturated carbocycles. The predicted octanol–water partition coefficient (Wildman–Crippen LogP) is 8.81. The number of esters is 1. The van der Waals surface area contributed by atoms with Crippen molar-refractivity contribution in [2.75, 3.05) is 19.5 Å². The van der Waals surface area contributed by atoms with Gasteiger partial charge >= 0.3 is 12.1 Å². The van der Waals surface area contributed by atoms with Crippen molar-refractivity contribution in [1.29, 1.82) is 0 Å². The van der Waals surface area contributed by atoms with Crippen LogP contribution in [0.1, 0.15) is 71.6 Å². The number of hydrogen-bond acceptors (Lipinski definition) is 6. The van der Waals surface area contributed by atoms with Crippen LogP contribution >= 0.6 is 11.6 Å². The maximum absolute atomic E-state index is 12.6. The average Bonchev–Trinajstić information content (AvgIpc) is 3.72. The molecule has 1 fully saturated rings. The number of H-pyrrole nitrogens is 1. The Morgan fingerprint density at radius 1 is 1.00 bits per heavy atom. The molecule has 2 heterocycles. The number of aromatic nitrogens is 2. The Morgan fingerprint density at radius 2 is 1.82 bits per heavy atom. The van der Waals surface area contributed by atoms with E-state index in [4.69, 9.17) is 30.8 Å². The van der Waals surface area contributed by atoms with Gasteiger partial charge in [-0.2, -0.15) is 0 Å². The molecule has 1 aliphatic rings. The van der Waals surface area contributed by atoms with Crippen LogP contribution in [0.5, 0.6) is 5.75 Å². The summed E-state index contributed by atoms with van der Waals surface area (Å²) in [5.74, 6) is 0.0901. The number of hydrogen-bond donors (Lipinski definition) is 2. The van der Waals surface area contributed by atoms with Crippen molar-refractivity contribution in [3.05, 3.63) is 100 Å². The molecule has 45 heavy (non-hydrogen) atoms. The van der Waals surface area contributed by atoms with E-state index in [0.29, 0.717) is 22.0 Å². The molecule has 2 N–H and O–H groups in total. The van der Waals surface area contributed by atoms with E-state index < -0.39 is 12.1 Å². The van der Waals surface area contributed by atoms with Crippen molar-refractivity contribution in [3.8, 4) is 5.75 Å². The number of benzene rings is 3. The number of pyridine rings is 1. The number of ether oxygens (including phenoxy) is 3. The van der Waals surface area contributed by atoms with Gasteiger partial charge in [-0.15, -0.1) is 0 Å². The molecule has 8 nitrogen and oxygen atoms in total. The fourth-order valence-electron chi connectivity index (χ4n) is 6.29. The minimum atomic E-state index is -0.431. The summed E-state index contributed by atoms with van der Waals surface area (Å²) in [7, 11) is 2.97. The van der Waals surface area contributed by atoms with E-state index in [1.807, 2.05) is 48.7 Å². The lowest BCUT2D eigenvalue weighted by Crippen LogP contribution is -2.20. The van der Waals surface area contributed by atoms with Crippen LogP contribution in [-0.2, 0) is 15.9 Å². The number of rotatable bonds is 10. The van der Waals surface area contributed by atoms with Crippen LogP contribution in [-0.4, -0.2) is 42.4 Å². The molecular weight excluding hydrogens is 590 g/mol. The van der Waals surface area contributed by atoms with E-state index in [0.717, 1.165) is 83.6 Å². The van der Waals surface area contributed by atoms with E-state index in [1.165, 1.54) is 7.11 Å². The van der Waals surface area contributed by atoms with Crippen molar-refractivity contribution >= 4 is 51.2 Å². The lowest BCUT2D eigenvalue weighted by Gasteiger charge is -2.21. The third kappa shape index (κ3) is 6.91. The molecule has 1 aliphatic carbocycles. The predicted molar refractivity (Wildman–Crippen MR) is 177 cm³/mol. The van der Waals surface area contributed by atoms with E-state index in [-0.39, 0.29) is 12.0 Å². The number of halogens is 1. The van der Waals surface area contributed by atoms with E-state index in [1.54, 1.807) is 19.2 Å². The Balaban J connectivity index is 1.30. The smallest absolute Gasteiger partial charge is 0.411 e. The van der Waals surface area contributed by atoms with Crippen LogP contribution < -0.4 is 10.1 Å². The van der Waals surface area contributed by atoms with Gasteiger partial charge in [0, 0.05) is 50.4 Å². The Kier molecular flexibility index (Phi) is 9.21. The van der Waals surface area contributed by atoms with Crippen LogP contribution in [0, 0.1) is 0 Å². The molecule has 0 aliphatic heterocycles. The molecule has 0 radical (unpaired) electrons. The van der Waals surface area contributed by atoms with Crippen molar-refractivity contribution < 1.29 is 23.8 Å².